The molecule has 11 aromatic carbocycles. The molecule has 2 aliphatic rings. The lowest BCUT2D eigenvalue weighted by Gasteiger charge is -2.42. The summed E-state index contributed by atoms with van der Waals surface area (Å²) in [5, 5.41) is 7.85. The van der Waals surface area contributed by atoms with Crippen LogP contribution in [0, 0.1) is 0 Å². The Morgan fingerprint density at radius 3 is 1.49 bits per heavy atom. The van der Waals surface area contributed by atoms with Crippen molar-refractivity contribution in [2.24, 2.45) is 0 Å². The van der Waals surface area contributed by atoms with Gasteiger partial charge in [0.15, 0.2) is 8.07 Å². The molecular formula is C66H45BN2OSi. The molecule has 0 bridgehead atoms. The second-order valence-corrected chi connectivity index (χ2v) is 22.5. The molecule has 1 aromatic heterocycles. The molecule has 2 aliphatic heterocycles. The van der Waals surface area contributed by atoms with E-state index < -0.39 is 8.07 Å². The molecule has 12 aromatic rings. The van der Waals surface area contributed by atoms with Crippen molar-refractivity contribution in [3.8, 4) is 50.6 Å². The van der Waals surface area contributed by atoms with Crippen LogP contribution in [0.4, 0.5) is 11.4 Å². The van der Waals surface area contributed by atoms with E-state index in [0.717, 1.165) is 50.7 Å². The molecule has 0 N–H and O–H groups in total. The van der Waals surface area contributed by atoms with Gasteiger partial charge in [0, 0.05) is 38.7 Å². The number of anilines is 2. The largest absolute Gasteiger partial charge is 0.458 e. The second-order valence-electron chi connectivity index (χ2n) is 18.7. The quantitative estimate of drug-likeness (QED) is 0.112. The van der Waals surface area contributed by atoms with Gasteiger partial charge < -0.3 is 14.1 Å². The molecule has 0 aliphatic carbocycles. The highest BCUT2D eigenvalue weighted by molar-refractivity contribution is 7.20. The summed E-state index contributed by atoms with van der Waals surface area (Å²) in [6, 6.07) is 101. The Bertz CT molecular complexity index is 3840. The van der Waals surface area contributed by atoms with Crippen molar-refractivity contribution < 1.29 is 4.74 Å². The summed E-state index contributed by atoms with van der Waals surface area (Å²) >= 11 is 0. The van der Waals surface area contributed by atoms with Gasteiger partial charge in [-0.3, -0.25) is 0 Å². The van der Waals surface area contributed by atoms with Gasteiger partial charge in [0.2, 0.25) is 0 Å². The van der Waals surface area contributed by atoms with Gasteiger partial charge in [-0.15, -0.1) is 0 Å². The molecular weight excluding hydrogens is 876 g/mol. The van der Waals surface area contributed by atoms with Crippen LogP contribution in [0.5, 0.6) is 11.5 Å². The second kappa shape index (κ2) is 16.7. The van der Waals surface area contributed by atoms with Gasteiger partial charge in [-0.25, -0.2) is 0 Å². The molecule has 332 valence electrons. The van der Waals surface area contributed by atoms with Crippen LogP contribution in [0.2, 0.25) is 0 Å². The van der Waals surface area contributed by atoms with E-state index in [0.29, 0.717) is 0 Å². The van der Waals surface area contributed by atoms with E-state index >= 15 is 0 Å². The number of hydrogen-bond acceptors (Lipinski definition) is 2. The minimum atomic E-state index is -2.92. The topological polar surface area (TPSA) is 17.4 Å². The van der Waals surface area contributed by atoms with Gasteiger partial charge >= 0.3 is 6.85 Å². The highest BCUT2D eigenvalue weighted by Gasteiger charge is 2.46. The number of aromatic nitrogens is 1. The van der Waals surface area contributed by atoms with Gasteiger partial charge in [0.1, 0.15) is 11.5 Å². The van der Waals surface area contributed by atoms with Gasteiger partial charge in [-0.2, -0.15) is 0 Å². The number of rotatable bonds is 8. The van der Waals surface area contributed by atoms with Crippen LogP contribution < -0.4 is 41.2 Å². The number of ether oxygens (including phenoxy) is 1. The van der Waals surface area contributed by atoms with Crippen molar-refractivity contribution >= 4 is 79.8 Å². The Morgan fingerprint density at radius 2 is 0.859 bits per heavy atom. The molecule has 0 unspecified atom stereocenters. The fourth-order valence-corrected chi connectivity index (χ4v) is 17.0. The molecule has 71 heavy (non-hydrogen) atoms. The zero-order chi connectivity index (χ0) is 46.9. The average molecular weight is 921 g/mol. The number of hydrogen-bond donors (Lipinski definition) is 0. The average Bonchev–Trinajstić information content (AvgIpc) is 3.78. The van der Waals surface area contributed by atoms with E-state index in [1.807, 2.05) is 0 Å². The van der Waals surface area contributed by atoms with Gasteiger partial charge in [0.25, 0.3) is 0 Å². The first-order chi connectivity index (χ1) is 35.3. The summed E-state index contributed by atoms with van der Waals surface area (Å²) < 4.78 is 9.78. The smallest absolute Gasteiger partial charge is 0.336 e. The third-order valence-electron chi connectivity index (χ3n) is 15.0. The Labute approximate surface area is 415 Å². The Balaban J connectivity index is 1.00. The molecule has 3 nitrogen and oxygen atoms in total. The van der Waals surface area contributed by atoms with E-state index in [1.54, 1.807) is 0 Å². The van der Waals surface area contributed by atoms with Crippen LogP contribution >= 0.6 is 0 Å². The van der Waals surface area contributed by atoms with Crippen LogP contribution in [0.15, 0.2) is 273 Å². The minimum absolute atomic E-state index is 0.183. The first-order valence-corrected chi connectivity index (χ1v) is 26.5. The van der Waals surface area contributed by atoms with Crippen molar-refractivity contribution in [2.45, 2.75) is 0 Å². The number of benzene rings is 11. The third kappa shape index (κ3) is 6.37. The van der Waals surface area contributed by atoms with Gasteiger partial charge in [-0.1, -0.05) is 218 Å². The fourth-order valence-electron chi connectivity index (χ4n) is 12.1. The Hall–Kier alpha value is -8.90. The molecule has 0 spiro atoms. The molecule has 0 atom stereocenters. The standard InChI is InChI=1S/C66H45BN2OSi/c1-5-23-48(24-6-1)69-62-39-21-16-35-56(62)57-43-47(53-32-17-22-40-65(53)71(49-25-7-2-8-26-49,50-27-9-3-10-28-50)51-29-11-4-12-30-51)45-64-66(57)67(69)58-44-46(41-42-63(58)70-64)52-31-13-18-36-59(52)68-60-37-19-14-33-54(60)55-34-15-20-38-61(55)68/h1-45H. The molecule has 0 saturated carbocycles. The monoisotopic (exact) mass is 920 g/mol. The molecule has 0 fully saturated rings. The zero-order valence-electron chi connectivity index (χ0n) is 38.9. The third-order valence-corrected chi connectivity index (χ3v) is 19.8. The van der Waals surface area contributed by atoms with Crippen molar-refractivity contribution in [1.82, 2.24) is 4.57 Å². The van der Waals surface area contributed by atoms with E-state index in [-0.39, 0.29) is 6.85 Å². The minimum Gasteiger partial charge on any atom is -0.458 e. The predicted molar refractivity (Wildman–Crippen MR) is 301 cm³/mol. The maximum Gasteiger partial charge on any atom is 0.336 e. The molecule has 0 amide bonds. The highest BCUT2D eigenvalue weighted by Crippen LogP contribution is 2.46. The van der Waals surface area contributed by atoms with E-state index in [9.17, 15) is 0 Å². The molecule has 3 heterocycles. The van der Waals surface area contributed by atoms with Crippen LogP contribution in [-0.4, -0.2) is 19.5 Å². The zero-order valence-corrected chi connectivity index (χ0v) is 39.9. The van der Waals surface area contributed by atoms with Crippen LogP contribution in [0.3, 0.4) is 0 Å². The lowest BCUT2D eigenvalue weighted by Crippen LogP contribution is -2.75. The number of fused-ring (bicyclic) bond motifs is 7. The summed E-state index contributed by atoms with van der Waals surface area (Å²) in [4.78, 5) is 2.54. The first-order valence-electron chi connectivity index (χ1n) is 24.5. The Morgan fingerprint density at radius 1 is 0.352 bits per heavy atom. The summed E-state index contributed by atoms with van der Waals surface area (Å²) in [7, 11) is -2.92. The lowest BCUT2D eigenvalue weighted by atomic mass is 9.44. The Kier molecular flexibility index (Phi) is 9.65. The lowest BCUT2D eigenvalue weighted by molar-refractivity contribution is 0.487. The van der Waals surface area contributed by atoms with Crippen molar-refractivity contribution in [3.63, 3.8) is 0 Å². The van der Waals surface area contributed by atoms with Crippen LogP contribution in [-0.2, 0) is 0 Å². The summed E-state index contributed by atoms with van der Waals surface area (Å²) in [6.07, 6.45) is 0. The van der Waals surface area contributed by atoms with Crippen molar-refractivity contribution in [1.29, 1.82) is 0 Å². The molecule has 0 radical (unpaired) electrons. The summed E-state index contributed by atoms with van der Waals surface area (Å²) in [6.45, 7) is -0.183. The summed E-state index contributed by atoms with van der Waals surface area (Å²) in [5.41, 5.74) is 15.1. The molecule has 5 heteroatoms. The number of nitrogens with zero attached hydrogens (tertiary/aromatic N) is 2. The predicted octanol–water partition coefficient (Wildman–Crippen LogP) is 12.5. The van der Waals surface area contributed by atoms with Gasteiger partial charge in [-0.05, 0) is 103 Å². The first kappa shape index (κ1) is 41.1. The van der Waals surface area contributed by atoms with E-state index in [2.05, 4.69) is 282 Å². The highest BCUT2D eigenvalue weighted by atomic mass is 28.3. The molecule has 14 rings (SSSR count). The van der Waals surface area contributed by atoms with E-state index in [1.165, 1.54) is 64.7 Å². The SMILES string of the molecule is c1ccc(N2B3c4cc(-c5ccccc5-n5c6ccccc6c6ccccc65)ccc4Oc4cc(-c5ccccc5[Si](c5ccccc5)(c5ccccc5)c5ccccc5)cc(c43)-c3ccccc32)cc1. The maximum atomic E-state index is 7.35. The van der Waals surface area contributed by atoms with E-state index in [4.69, 9.17) is 4.74 Å². The molecule has 0 saturated heterocycles. The number of para-hydroxylation sites is 5. The van der Waals surface area contributed by atoms with Crippen molar-refractivity contribution in [3.05, 3.63) is 273 Å². The van der Waals surface area contributed by atoms with Crippen LogP contribution in [0.1, 0.15) is 0 Å². The van der Waals surface area contributed by atoms with Gasteiger partial charge in [0.05, 0.1) is 16.7 Å². The maximum absolute atomic E-state index is 7.35. The van der Waals surface area contributed by atoms with Crippen molar-refractivity contribution in [2.75, 3.05) is 4.81 Å². The normalized spacial score (nSPS) is 12.6. The fraction of sp³-hybridized carbons (Fsp3) is 0. The van der Waals surface area contributed by atoms with Crippen LogP contribution in [0.25, 0.3) is 60.9 Å². The summed E-state index contributed by atoms with van der Waals surface area (Å²) in [5.74, 6) is 1.74.